The number of hydrazone groups is 1. The van der Waals surface area contributed by atoms with Gasteiger partial charge in [-0.25, -0.2) is 18.1 Å². The molecule has 33 heavy (non-hydrogen) atoms. The number of anilines is 1. The SMILES string of the molecule is C/C(=N/NC(=O)CN(c1ccccc1[N+](=O)[O-])S(=O)(=O)c1ccccc1)c1ccc(I)cc1. The highest BCUT2D eigenvalue weighted by Crippen LogP contribution is 2.31. The van der Waals surface area contributed by atoms with Gasteiger partial charge < -0.3 is 0 Å². The molecular weight excluding hydrogens is 559 g/mol. The molecule has 0 atom stereocenters. The summed E-state index contributed by atoms with van der Waals surface area (Å²) in [7, 11) is -4.28. The van der Waals surface area contributed by atoms with Crippen LogP contribution in [0.15, 0.2) is 88.9 Å². The third-order valence-corrected chi connectivity index (χ3v) is 7.07. The molecule has 0 radical (unpaired) electrons. The summed E-state index contributed by atoms with van der Waals surface area (Å²) >= 11 is 2.17. The average molecular weight is 578 g/mol. The van der Waals surface area contributed by atoms with Gasteiger partial charge in [-0.2, -0.15) is 5.10 Å². The molecule has 0 spiro atoms. The van der Waals surface area contributed by atoms with Crippen LogP contribution in [0, 0.1) is 13.7 Å². The summed E-state index contributed by atoms with van der Waals surface area (Å²) in [4.78, 5) is 23.4. The smallest absolute Gasteiger partial charge is 0.271 e. The zero-order valence-electron chi connectivity index (χ0n) is 17.4. The number of carbonyl (C=O) groups excluding carboxylic acids is 1. The molecule has 170 valence electrons. The van der Waals surface area contributed by atoms with E-state index in [0.717, 1.165) is 9.13 Å². The van der Waals surface area contributed by atoms with Gasteiger partial charge in [-0.15, -0.1) is 0 Å². The first-order chi connectivity index (χ1) is 15.7. The number of nitrogens with one attached hydrogen (secondary N) is 1. The molecule has 0 saturated heterocycles. The van der Waals surface area contributed by atoms with Gasteiger partial charge in [0.15, 0.2) is 0 Å². The summed E-state index contributed by atoms with van der Waals surface area (Å²) in [6.07, 6.45) is 0. The van der Waals surface area contributed by atoms with Crippen molar-refractivity contribution in [1.82, 2.24) is 5.43 Å². The van der Waals surface area contributed by atoms with Crippen LogP contribution in [0.5, 0.6) is 0 Å². The zero-order valence-corrected chi connectivity index (χ0v) is 20.4. The highest BCUT2D eigenvalue weighted by Gasteiger charge is 2.31. The van der Waals surface area contributed by atoms with Crippen LogP contribution in [-0.4, -0.2) is 31.5 Å². The molecular formula is C22H19IN4O5S. The first-order valence-corrected chi connectivity index (χ1v) is 12.1. The summed E-state index contributed by atoms with van der Waals surface area (Å²) in [6, 6.07) is 20.2. The van der Waals surface area contributed by atoms with Crippen molar-refractivity contribution in [2.24, 2.45) is 5.10 Å². The van der Waals surface area contributed by atoms with Gasteiger partial charge in [0.25, 0.3) is 21.6 Å². The number of hydrogen-bond acceptors (Lipinski definition) is 6. The lowest BCUT2D eigenvalue weighted by Gasteiger charge is -2.23. The molecule has 0 unspecified atom stereocenters. The molecule has 0 fully saturated rings. The van der Waals surface area contributed by atoms with Gasteiger partial charge in [0.05, 0.1) is 15.5 Å². The van der Waals surface area contributed by atoms with Crippen molar-refractivity contribution in [3.63, 3.8) is 0 Å². The fraction of sp³-hybridized carbons (Fsp3) is 0.0909. The molecule has 0 aromatic heterocycles. The standard InChI is InChI=1S/C22H19IN4O5S/c1-16(17-11-13-18(23)14-12-17)24-25-22(28)15-26(20-9-5-6-10-21(20)27(29)30)33(31,32)19-7-3-2-4-8-19/h2-14H,15H2,1H3,(H,25,28)/b24-16-. The lowest BCUT2D eigenvalue weighted by atomic mass is 10.1. The second-order valence-corrected chi connectivity index (χ2v) is 9.92. The quantitative estimate of drug-likeness (QED) is 0.188. The molecule has 3 aromatic carbocycles. The minimum Gasteiger partial charge on any atom is -0.271 e. The third kappa shape index (κ3) is 5.93. The van der Waals surface area contributed by atoms with Gasteiger partial charge in [0.1, 0.15) is 12.2 Å². The van der Waals surface area contributed by atoms with E-state index in [1.807, 2.05) is 24.3 Å². The zero-order chi connectivity index (χ0) is 24.0. The Morgan fingerprint density at radius 1 is 1.03 bits per heavy atom. The van der Waals surface area contributed by atoms with E-state index in [9.17, 15) is 23.3 Å². The van der Waals surface area contributed by atoms with E-state index in [4.69, 9.17) is 0 Å². The van der Waals surface area contributed by atoms with Crippen molar-refractivity contribution in [3.8, 4) is 0 Å². The van der Waals surface area contributed by atoms with Crippen molar-refractivity contribution in [2.75, 3.05) is 10.8 Å². The maximum Gasteiger partial charge on any atom is 0.293 e. The molecule has 1 amide bonds. The predicted octanol–water partition coefficient (Wildman–Crippen LogP) is 3.94. The maximum atomic E-state index is 13.3. The van der Waals surface area contributed by atoms with Gasteiger partial charge in [-0.05, 0) is 65.4 Å². The van der Waals surface area contributed by atoms with Crippen LogP contribution in [0.2, 0.25) is 0 Å². The number of para-hydroxylation sites is 2. The summed E-state index contributed by atoms with van der Waals surface area (Å²) < 4.78 is 28.4. The van der Waals surface area contributed by atoms with E-state index >= 15 is 0 Å². The maximum absolute atomic E-state index is 13.3. The van der Waals surface area contributed by atoms with Crippen molar-refractivity contribution < 1.29 is 18.1 Å². The van der Waals surface area contributed by atoms with Crippen molar-refractivity contribution in [3.05, 3.63) is 98.1 Å². The van der Waals surface area contributed by atoms with Crippen molar-refractivity contribution in [1.29, 1.82) is 0 Å². The summed E-state index contributed by atoms with van der Waals surface area (Å²) in [5.41, 5.74) is 2.97. The normalized spacial score (nSPS) is 11.6. The van der Waals surface area contributed by atoms with E-state index in [2.05, 4.69) is 33.1 Å². The van der Waals surface area contributed by atoms with E-state index in [-0.39, 0.29) is 10.6 Å². The van der Waals surface area contributed by atoms with Gasteiger partial charge >= 0.3 is 0 Å². The van der Waals surface area contributed by atoms with E-state index < -0.39 is 33.1 Å². The fourth-order valence-electron chi connectivity index (χ4n) is 2.92. The number of amides is 1. The Kier molecular flexibility index (Phi) is 7.76. The van der Waals surface area contributed by atoms with Crippen LogP contribution in [-0.2, 0) is 14.8 Å². The van der Waals surface area contributed by atoms with E-state index in [1.165, 1.54) is 48.5 Å². The molecule has 0 saturated carbocycles. The molecule has 11 heteroatoms. The Hall–Kier alpha value is -3.32. The number of hydrogen-bond donors (Lipinski definition) is 1. The van der Waals surface area contributed by atoms with Crippen molar-refractivity contribution in [2.45, 2.75) is 11.8 Å². The third-order valence-electron chi connectivity index (χ3n) is 4.58. The lowest BCUT2D eigenvalue weighted by Crippen LogP contribution is -2.40. The minimum atomic E-state index is -4.28. The molecule has 0 aliphatic heterocycles. The van der Waals surface area contributed by atoms with Crippen LogP contribution in [0.1, 0.15) is 12.5 Å². The minimum absolute atomic E-state index is 0.102. The molecule has 0 aliphatic rings. The van der Waals surface area contributed by atoms with Crippen molar-refractivity contribution >= 4 is 55.6 Å². The monoisotopic (exact) mass is 578 g/mol. The Labute approximate surface area is 204 Å². The Morgan fingerprint density at radius 2 is 1.64 bits per heavy atom. The number of benzene rings is 3. The van der Waals surface area contributed by atoms with Gasteiger partial charge in [0, 0.05) is 9.64 Å². The number of halogens is 1. The first-order valence-electron chi connectivity index (χ1n) is 9.60. The predicted molar refractivity (Wildman–Crippen MR) is 134 cm³/mol. The molecule has 0 bridgehead atoms. The van der Waals surface area contributed by atoms with Crippen LogP contribution in [0.4, 0.5) is 11.4 Å². The number of sulfonamides is 1. The molecule has 0 aliphatic carbocycles. The number of nitro benzene ring substituents is 1. The van der Waals surface area contributed by atoms with Gasteiger partial charge in [0.2, 0.25) is 0 Å². The van der Waals surface area contributed by atoms with Gasteiger partial charge in [-0.3, -0.25) is 14.9 Å². The number of nitro groups is 1. The molecule has 0 heterocycles. The Morgan fingerprint density at radius 3 is 2.27 bits per heavy atom. The molecule has 1 N–H and O–H groups in total. The van der Waals surface area contributed by atoms with Gasteiger partial charge in [-0.1, -0.05) is 42.5 Å². The van der Waals surface area contributed by atoms with Crippen LogP contribution >= 0.6 is 22.6 Å². The Bertz CT molecular complexity index is 1300. The molecule has 3 aromatic rings. The van der Waals surface area contributed by atoms with Crippen LogP contribution in [0.3, 0.4) is 0 Å². The first kappa shape index (κ1) is 24.3. The number of rotatable bonds is 8. The summed E-state index contributed by atoms with van der Waals surface area (Å²) in [5.74, 6) is -0.752. The fourth-order valence-corrected chi connectivity index (χ4v) is 4.73. The number of carbonyl (C=O) groups is 1. The number of nitrogens with zero attached hydrogens (tertiary/aromatic N) is 3. The summed E-state index contributed by atoms with van der Waals surface area (Å²) in [6.45, 7) is 0.995. The van der Waals surface area contributed by atoms with Crippen LogP contribution < -0.4 is 9.73 Å². The average Bonchev–Trinajstić information content (AvgIpc) is 2.82. The molecule has 9 nitrogen and oxygen atoms in total. The summed E-state index contributed by atoms with van der Waals surface area (Å²) in [5, 5.41) is 15.6. The Balaban J connectivity index is 1.94. The second kappa shape index (κ2) is 10.5. The second-order valence-electron chi connectivity index (χ2n) is 6.81. The lowest BCUT2D eigenvalue weighted by molar-refractivity contribution is -0.384. The van der Waals surface area contributed by atoms with Crippen LogP contribution in [0.25, 0.3) is 0 Å². The largest absolute Gasteiger partial charge is 0.293 e. The highest BCUT2D eigenvalue weighted by molar-refractivity contribution is 14.1. The topological polar surface area (TPSA) is 122 Å². The van der Waals surface area contributed by atoms with E-state index in [0.29, 0.717) is 10.0 Å². The molecule has 3 rings (SSSR count). The van der Waals surface area contributed by atoms with E-state index in [1.54, 1.807) is 13.0 Å². The highest BCUT2D eigenvalue weighted by atomic mass is 127.